The van der Waals surface area contributed by atoms with Gasteiger partial charge in [0.15, 0.2) is 5.11 Å². The summed E-state index contributed by atoms with van der Waals surface area (Å²) >= 11 is 12.2. The molecule has 2 atom stereocenters. The van der Waals surface area contributed by atoms with Crippen molar-refractivity contribution in [3.05, 3.63) is 77.3 Å². The molecule has 3 heterocycles. The molecule has 30 heavy (non-hydrogen) atoms. The quantitative estimate of drug-likeness (QED) is 0.435. The zero-order valence-corrected chi connectivity index (χ0v) is 18.4. The molecule has 1 fully saturated rings. The van der Waals surface area contributed by atoms with Crippen molar-refractivity contribution in [3.63, 3.8) is 0 Å². The molecule has 2 aromatic heterocycles. The Morgan fingerprint density at radius 2 is 2.07 bits per heavy atom. The number of hydrogen-bond donors (Lipinski definition) is 1. The predicted octanol–water partition coefficient (Wildman–Crippen LogP) is 4.28. The third kappa shape index (κ3) is 4.14. The van der Waals surface area contributed by atoms with Gasteiger partial charge in [-0.15, -0.1) is 0 Å². The maximum atomic E-state index is 6.51. The fraction of sp³-hybridized carbons (Fsp3) is 0.273. The Balaban J connectivity index is 1.70. The second-order valence-electron chi connectivity index (χ2n) is 7.06. The summed E-state index contributed by atoms with van der Waals surface area (Å²) in [7, 11) is 3.64. The number of nitrogens with one attached hydrogen (secondary N) is 1. The number of halogens is 1. The van der Waals surface area contributed by atoms with Crippen LogP contribution in [0, 0.1) is 0 Å². The number of methoxy groups -OCH3 is 1. The smallest absolute Gasteiger partial charge is 0.174 e. The van der Waals surface area contributed by atoms with E-state index >= 15 is 0 Å². The van der Waals surface area contributed by atoms with Crippen LogP contribution < -0.4 is 15.0 Å². The van der Waals surface area contributed by atoms with E-state index in [1.165, 1.54) is 0 Å². The number of pyridine rings is 1. The van der Waals surface area contributed by atoms with Crippen LogP contribution >= 0.6 is 23.8 Å². The van der Waals surface area contributed by atoms with E-state index in [0.29, 0.717) is 29.1 Å². The fourth-order valence-corrected chi connectivity index (χ4v) is 4.24. The molecule has 8 heteroatoms. The number of rotatable bonds is 7. The maximum absolute atomic E-state index is 6.51. The van der Waals surface area contributed by atoms with E-state index in [1.807, 2.05) is 54.2 Å². The Hall–Kier alpha value is -2.61. The molecular weight excluding hydrogens is 420 g/mol. The van der Waals surface area contributed by atoms with Gasteiger partial charge in [-0.05, 0) is 54.2 Å². The van der Waals surface area contributed by atoms with Gasteiger partial charge in [-0.3, -0.25) is 4.98 Å². The van der Waals surface area contributed by atoms with Crippen molar-refractivity contribution >= 4 is 34.6 Å². The topological polar surface area (TPSA) is 51.6 Å². The molecule has 156 valence electrons. The first-order valence-corrected chi connectivity index (χ1v) is 10.4. The minimum absolute atomic E-state index is 0.0649. The van der Waals surface area contributed by atoms with Gasteiger partial charge in [0.25, 0.3) is 0 Å². The average Bonchev–Trinajstić information content (AvgIpc) is 3.33. The lowest BCUT2D eigenvalue weighted by molar-refractivity contribution is 0.146. The lowest BCUT2D eigenvalue weighted by atomic mass is 9.98. The summed E-state index contributed by atoms with van der Waals surface area (Å²) in [6.07, 6.45) is 5.94. The van der Waals surface area contributed by atoms with Gasteiger partial charge in [-0.2, -0.15) is 0 Å². The van der Waals surface area contributed by atoms with Crippen molar-refractivity contribution in [3.8, 4) is 5.75 Å². The van der Waals surface area contributed by atoms with E-state index in [4.69, 9.17) is 33.3 Å². The van der Waals surface area contributed by atoms with Crippen LogP contribution in [0.1, 0.15) is 23.3 Å². The summed E-state index contributed by atoms with van der Waals surface area (Å²) < 4.78 is 12.8. The number of nitrogens with zero attached hydrogens (tertiary/aromatic N) is 3. The Labute approximate surface area is 186 Å². The molecule has 0 bridgehead atoms. The highest BCUT2D eigenvalue weighted by molar-refractivity contribution is 7.80. The van der Waals surface area contributed by atoms with Gasteiger partial charge in [0.2, 0.25) is 0 Å². The second kappa shape index (κ2) is 9.04. The molecule has 0 saturated carbocycles. The zero-order valence-electron chi connectivity index (χ0n) is 16.8. The van der Waals surface area contributed by atoms with Crippen LogP contribution in [0.25, 0.3) is 0 Å². The summed E-state index contributed by atoms with van der Waals surface area (Å²) in [5, 5.41) is 4.60. The summed E-state index contributed by atoms with van der Waals surface area (Å²) in [6, 6.07) is 13.6. The van der Waals surface area contributed by atoms with Crippen LogP contribution in [0.15, 0.2) is 61.1 Å². The molecule has 3 aromatic rings. The van der Waals surface area contributed by atoms with Gasteiger partial charge < -0.3 is 24.3 Å². The standard InChI is InChI=1S/C22H23ClN4O2S/c1-26-10-8-15(14-26)21-20(18-5-3-4-9-24-18)25-22(30)27(21)16-6-7-19(17(23)13-16)29-12-11-28-2/h3-10,13-14,20-21H,11-12H2,1-2H3,(H,25,30)/t20-,21-/m0/s1. The zero-order chi connectivity index (χ0) is 21.1. The number of thiocarbonyl (C=S) groups is 1. The summed E-state index contributed by atoms with van der Waals surface area (Å²) in [5.74, 6) is 0.619. The van der Waals surface area contributed by atoms with Gasteiger partial charge in [0.05, 0.1) is 29.4 Å². The van der Waals surface area contributed by atoms with Crippen LogP contribution in [0.2, 0.25) is 5.02 Å². The minimum Gasteiger partial charge on any atom is -0.490 e. The van der Waals surface area contributed by atoms with Crippen LogP contribution in [-0.2, 0) is 11.8 Å². The highest BCUT2D eigenvalue weighted by Crippen LogP contribution is 2.43. The van der Waals surface area contributed by atoms with Gasteiger partial charge in [0.1, 0.15) is 12.4 Å². The molecule has 1 aliphatic rings. The van der Waals surface area contributed by atoms with Crippen molar-refractivity contribution in [2.75, 3.05) is 25.2 Å². The molecule has 1 N–H and O–H groups in total. The molecule has 0 unspecified atom stereocenters. The molecule has 0 aliphatic carbocycles. The summed E-state index contributed by atoms with van der Waals surface area (Å²) in [4.78, 5) is 6.66. The maximum Gasteiger partial charge on any atom is 0.174 e. The van der Waals surface area contributed by atoms with Crippen molar-refractivity contribution < 1.29 is 9.47 Å². The Morgan fingerprint density at radius 1 is 1.20 bits per heavy atom. The van der Waals surface area contributed by atoms with Crippen molar-refractivity contribution in [1.29, 1.82) is 0 Å². The lowest BCUT2D eigenvalue weighted by Crippen LogP contribution is -2.29. The molecule has 6 nitrogen and oxygen atoms in total. The summed E-state index contributed by atoms with van der Waals surface area (Å²) in [6.45, 7) is 0.938. The van der Waals surface area contributed by atoms with Crippen molar-refractivity contribution in [2.24, 2.45) is 7.05 Å². The van der Waals surface area contributed by atoms with Gasteiger partial charge in [0, 0.05) is 38.4 Å². The first kappa shape index (κ1) is 20.7. The lowest BCUT2D eigenvalue weighted by Gasteiger charge is -2.27. The summed E-state index contributed by atoms with van der Waals surface area (Å²) in [5.41, 5.74) is 2.96. The molecule has 0 amide bonds. The average molecular weight is 443 g/mol. The molecule has 1 aliphatic heterocycles. The van der Waals surface area contributed by atoms with E-state index in [0.717, 1.165) is 16.9 Å². The largest absolute Gasteiger partial charge is 0.490 e. The highest BCUT2D eigenvalue weighted by atomic mass is 35.5. The van der Waals surface area contributed by atoms with Gasteiger partial charge in [-0.1, -0.05) is 17.7 Å². The Bertz CT molecular complexity index is 1030. The first-order valence-electron chi connectivity index (χ1n) is 9.62. The van der Waals surface area contributed by atoms with E-state index < -0.39 is 0 Å². The Morgan fingerprint density at radius 3 is 2.73 bits per heavy atom. The van der Waals surface area contributed by atoms with Gasteiger partial charge in [-0.25, -0.2) is 0 Å². The molecule has 1 aromatic carbocycles. The van der Waals surface area contributed by atoms with Crippen LogP contribution in [0.4, 0.5) is 5.69 Å². The monoisotopic (exact) mass is 442 g/mol. The normalized spacial score (nSPS) is 18.5. The first-order chi connectivity index (χ1) is 14.6. The second-order valence-corrected chi connectivity index (χ2v) is 7.86. The molecule has 1 saturated heterocycles. The number of aromatic nitrogens is 2. The predicted molar refractivity (Wildman–Crippen MR) is 122 cm³/mol. The van der Waals surface area contributed by atoms with E-state index in [9.17, 15) is 0 Å². The van der Waals surface area contributed by atoms with E-state index in [1.54, 1.807) is 13.3 Å². The number of aryl methyl sites for hydroxylation is 1. The fourth-order valence-electron chi connectivity index (χ4n) is 3.66. The number of hydrogen-bond acceptors (Lipinski definition) is 4. The van der Waals surface area contributed by atoms with Crippen LogP contribution in [0.3, 0.4) is 0 Å². The number of benzene rings is 1. The third-order valence-electron chi connectivity index (χ3n) is 5.03. The molecule has 0 radical (unpaired) electrons. The van der Waals surface area contributed by atoms with Crippen molar-refractivity contribution in [2.45, 2.75) is 12.1 Å². The number of anilines is 1. The van der Waals surface area contributed by atoms with Crippen LogP contribution in [0.5, 0.6) is 5.75 Å². The minimum atomic E-state index is -0.0856. The molecule has 4 rings (SSSR count). The molecule has 0 spiro atoms. The molecular formula is C22H23ClN4O2S. The van der Waals surface area contributed by atoms with E-state index in [-0.39, 0.29) is 12.1 Å². The Kier molecular flexibility index (Phi) is 6.22. The highest BCUT2D eigenvalue weighted by Gasteiger charge is 2.41. The number of ether oxygens (including phenoxy) is 2. The van der Waals surface area contributed by atoms with Crippen LogP contribution in [-0.4, -0.2) is 35.0 Å². The van der Waals surface area contributed by atoms with E-state index in [2.05, 4.69) is 27.5 Å². The third-order valence-corrected chi connectivity index (χ3v) is 5.64. The van der Waals surface area contributed by atoms with Gasteiger partial charge >= 0.3 is 0 Å². The SMILES string of the molecule is COCCOc1ccc(N2C(=S)N[C@@H](c3ccccn3)[C@@H]2c2ccn(C)c2)cc1Cl. The van der Waals surface area contributed by atoms with Crippen molar-refractivity contribution in [1.82, 2.24) is 14.9 Å².